The molecule has 0 fully saturated rings. The second kappa shape index (κ2) is 10.7. The number of hydrogen-bond donors (Lipinski definition) is 0. The van der Waals surface area contributed by atoms with Crippen molar-refractivity contribution in [3.63, 3.8) is 0 Å². The average Bonchev–Trinajstić information content (AvgIpc) is 3.54. The standard InChI is InChI=1S/C45H30N2S/c1-2-42-46-38-17-10-18-41-45(38)47(42)39-27-33(22-24-40(39)48-41)44-35-16-9-8-15-34(35)43(32-20-19-29-13-6-7-14-30(29)25-32)36-23-21-31(26-37(36)44)28-11-4-3-5-12-28/h3-27H,2H2,1H3. The molecule has 9 aromatic rings. The fraction of sp³-hybridized carbons (Fsp3) is 0.0444. The zero-order valence-corrected chi connectivity index (χ0v) is 27.3. The number of aryl methyl sites for hydroxylation is 1. The molecule has 0 saturated heterocycles. The number of imidazole rings is 1. The summed E-state index contributed by atoms with van der Waals surface area (Å²) in [4.78, 5) is 7.59. The van der Waals surface area contributed by atoms with Crippen LogP contribution in [-0.2, 0) is 6.42 Å². The summed E-state index contributed by atoms with van der Waals surface area (Å²) >= 11 is 1.85. The van der Waals surface area contributed by atoms with Crippen LogP contribution < -0.4 is 0 Å². The summed E-state index contributed by atoms with van der Waals surface area (Å²) in [5, 5.41) is 7.55. The molecule has 1 aliphatic heterocycles. The molecule has 0 radical (unpaired) electrons. The Balaban J connectivity index is 1.30. The third-order valence-corrected chi connectivity index (χ3v) is 11.0. The van der Waals surface area contributed by atoms with E-state index >= 15 is 0 Å². The van der Waals surface area contributed by atoms with Gasteiger partial charge in [0, 0.05) is 16.2 Å². The van der Waals surface area contributed by atoms with Gasteiger partial charge in [-0.1, -0.05) is 134 Å². The van der Waals surface area contributed by atoms with Crippen LogP contribution >= 0.6 is 11.8 Å². The molecule has 2 heterocycles. The number of aromatic nitrogens is 2. The summed E-state index contributed by atoms with van der Waals surface area (Å²) < 4.78 is 2.41. The Morgan fingerprint density at radius 2 is 1.19 bits per heavy atom. The first-order chi connectivity index (χ1) is 23.7. The van der Waals surface area contributed by atoms with Gasteiger partial charge in [0.15, 0.2) is 0 Å². The van der Waals surface area contributed by atoms with Crippen LogP contribution in [0.15, 0.2) is 161 Å². The minimum absolute atomic E-state index is 0.870. The second-order valence-electron chi connectivity index (χ2n) is 12.6. The number of nitrogens with zero attached hydrogens (tertiary/aromatic N) is 2. The van der Waals surface area contributed by atoms with Crippen molar-refractivity contribution in [2.75, 3.05) is 0 Å². The van der Waals surface area contributed by atoms with Gasteiger partial charge in [-0.05, 0) is 102 Å². The Hall–Kier alpha value is -5.64. The van der Waals surface area contributed by atoms with Crippen molar-refractivity contribution in [2.24, 2.45) is 0 Å². The van der Waals surface area contributed by atoms with Gasteiger partial charge in [-0.3, -0.25) is 4.57 Å². The maximum atomic E-state index is 5.07. The first-order valence-electron chi connectivity index (χ1n) is 16.6. The van der Waals surface area contributed by atoms with E-state index < -0.39 is 0 Å². The van der Waals surface area contributed by atoms with Gasteiger partial charge in [0.1, 0.15) is 5.82 Å². The zero-order valence-electron chi connectivity index (χ0n) is 26.4. The molecule has 1 aliphatic rings. The van der Waals surface area contributed by atoms with Crippen LogP contribution in [0.5, 0.6) is 0 Å². The van der Waals surface area contributed by atoms with Gasteiger partial charge in [-0.2, -0.15) is 0 Å². The van der Waals surface area contributed by atoms with Crippen molar-refractivity contribution >= 4 is 55.1 Å². The molecule has 48 heavy (non-hydrogen) atoms. The van der Waals surface area contributed by atoms with Crippen LogP contribution in [0, 0.1) is 0 Å². The topological polar surface area (TPSA) is 17.8 Å². The van der Waals surface area contributed by atoms with Gasteiger partial charge in [-0.15, -0.1) is 0 Å². The van der Waals surface area contributed by atoms with Crippen molar-refractivity contribution < 1.29 is 0 Å². The lowest BCUT2D eigenvalue weighted by atomic mass is 9.84. The predicted molar refractivity (Wildman–Crippen MR) is 203 cm³/mol. The highest BCUT2D eigenvalue weighted by molar-refractivity contribution is 7.99. The molecule has 8 aromatic carbocycles. The van der Waals surface area contributed by atoms with E-state index in [1.807, 2.05) is 11.8 Å². The van der Waals surface area contributed by atoms with E-state index in [1.165, 1.54) is 86.7 Å². The monoisotopic (exact) mass is 630 g/mol. The highest BCUT2D eigenvalue weighted by Crippen LogP contribution is 2.48. The van der Waals surface area contributed by atoms with Crippen LogP contribution in [0.3, 0.4) is 0 Å². The van der Waals surface area contributed by atoms with Crippen LogP contribution in [0.2, 0.25) is 0 Å². The minimum Gasteiger partial charge on any atom is -0.294 e. The van der Waals surface area contributed by atoms with E-state index in [9.17, 15) is 0 Å². The molecular weight excluding hydrogens is 601 g/mol. The van der Waals surface area contributed by atoms with E-state index in [0.717, 1.165) is 17.8 Å². The van der Waals surface area contributed by atoms with Crippen molar-refractivity contribution in [3.8, 4) is 39.1 Å². The normalized spacial score (nSPS) is 12.3. The SMILES string of the molecule is CCc1nc2cccc3c2n1-c1cc(-c2c4ccccc4c(-c4ccc5ccccc5c4)c4ccc(-c5ccccc5)cc24)ccc1S3. The van der Waals surface area contributed by atoms with E-state index in [2.05, 4.69) is 163 Å². The average molecular weight is 631 g/mol. The molecule has 0 unspecified atom stereocenters. The smallest absolute Gasteiger partial charge is 0.114 e. The van der Waals surface area contributed by atoms with Crippen LogP contribution in [0.25, 0.3) is 82.4 Å². The van der Waals surface area contributed by atoms with Crippen LogP contribution in [-0.4, -0.2) is 9.55 Å². The fourth-order valence-electron chi connectivity index (χ4n) is 7.73. The minimum atomic E-state index is 0.870. The van der Waals surface area contributed by atoms with Crippen LogP contribution in [0.4, 0.5) is 0 Å². The zero-order chi connectivity index (χ0) is 31.8. The number of para-hydroxylation sites is 1. The molecule has 0 atom stereocenters. The van der Waals surface area contributed by atoms with Crippen molar-refractivity contribution in [2.45, 2.75) is 23.1 Å². The Labute approximate surface area is 283 Å². The summed E-state index contributed by atoms with van der Waals surface area (Å²) in [6, 6.07) is 55.8. The lowest BCUT2D eigenvalue weighted by Crippen LogP contribution is -2.06. The molecule has 3 heteroatoms. The van der Waals surface area contributed by atoms with Gasteiger partial charge in [0.2, 0.25) is 0 Å². The van der Waals surface area contributed by atoms with Crippen molar-refractivity contribution in [3.05, 3.63) is 157 Å². The number of hydrogen-bond acceptors (Lipinski definition) is 2. The Kier molecular flexibility index (Phi) is 6.12. The number of fused-ring (bicyclic) bond motifs is 5. The molecule has 0 bridgehead atoms. The van der Waals surface area contributed by atoms with E-state index in [0.29, 0.717) is 0 Å². The molecule has 226 valence electrons. The first-order valence-corrected chi connectivity index (χ1v) is 17.4. The maximum Gasteiger partial charge on any atom is 0.114 e. The van der Waals surface area contributed by atoms with Gasteiger partial charge in [-0.25, -0.2) is 4.98 Å². The van der Waals surface area contributed by atoms with Crippen LogP contribution in [0.1, 0.15) is 12.7 Å². The molecule has 10 rings (SSSR count). The molecule has 0 spiro atoms. The van der Waals surface area contributed by atoms with Gasteiger partial charge < -0.3 is 0 Å². The number of rotatable bonds is 4. The lowest BCUT2D eigenvalue weighted by Gasteiger charge is -2.23. The van der Waals surface area contributed by atoms with Gasteiger partial charge >= 0.3 is 0 Å². The molecule has 0 aliphatic carbocycles. The van der Waals surface area contributed by atoms with E-state index in [4.69, 9.17) is 4.98 Å². The summed E-state index contributed by atoms with van der Waals surface area (Å²) in [6.45, 7) is 2.20. The Morgan fingerprint density at radius 3 is 2.02 bits per heavy atom. The summed E-state index contributed by atoms with van der Waals surface area (Å²) in [5.41, 5.74) is 10.9. The first kappa shape index (κ1) is 27.5. The van der Waals surface area contributed by atoms with E-state index in [1.54, 1.807) is 0 Å². The molecular formula is C45H30N2S. The van der Waals surface area contributed by atoms with Crippen molar-refractivity contribution in [1.82, 2.24) is 9.55 Å². The summed E-state index contributed by atoms with van der Waals surface area (Å²) in [5.74, 6) is 1.10. The lowest BCUT2D eigenvalue weighted by molar-refractivity contribution is 0.888. The molecule has 1 aromatic heterocycles. The highest BCUT2D eigenvalue weighted by Gasteiger charge is 2.25. The fourth-order valence-corrected chi connectivity index (χ4v) is 8.80. The Morgan fingerprint density at radius 1 is 0.500 bits per heavy atom. The van der Waals surface area contributed by atoms with E-state index in [-0.39, 0.29) is 0 Å². The second-order valence-corrected chi connectivity index (χ2v) is 13.7. The maximum absolute atomic E-state index is 5.07. The molecule has 0 saturated carbocycles. The van der Waals surface area contributed by atoms with Gasteiger partial charge in [0.25, 0.3) is 0 Å². The summed E-state index contributed by atoms with van der Waals surface area (Å²) in [6.07, 6.45) is 0.870. The third kappa shape index (κ3) is 4.11. The van der Waals surface area contributed by atoms with Gasteiger partial charge in [0.05, 0.1) is 16.7 Å². The summed E-state index contributed by atoms with van der Waals surface area (Å²) in [7, 11) is 0. The quantitative estimate of drug-likeness (QED) is 0.180. The highest BCUT2D eigenvalue weighted by atomic mass is 32.2. The number of benzene rings is 8. The van der Waals surface area contributed by atoms with Crippen molar-refractivity contribution in [1.29, 1.82) is 0 Å². The Bertz CT molecular complexity index is 2740. The molecule has 0 N–H and O–H groups in total. The largest absolute Gasteiger partial charge is 0.294 e. The molecule has 0 amide bonds. The molecule has 2 nitrogen and oxygen atoms in total. The predicted octanol–water partition coefficient (Wildman–Crippen LogP) is 12.5. The third-order valence-electron chi connectivity index (χ3n) is 9.90.